The van der Waals surface area contributed by atoms with Crippen LogP contribution in [0.1, 0.15) is 46.5 Å². The quantitative estimate of drug-likeness (QED) is 0.642. The number of carbonyl (C=O) groups is 1. The van der Waals surface area contributed by atoms with Crippen molar-refractivity contribution in [3.63, 3.8) is 0 Å². The van der Waals surface area contributed by atoms with Crippen LogP contribution in [0.5, 0.6) is 0 Å². The van der Waals surface area contributed by atoms with Crippen molar-refractivity contribution in [1.82, 2.24) is 0 Å². The molecule has 2 bridgehead atoms. The molecule has 21 heavy (non-hydrogen) atoms. The van der Waals surface area contributed by atoms with Gasteiger partial charge >= 0.3 is 5.97 Å². The van der Waals surface area contributed by atoms with E-state index in [9.17, 15) is 9.90 Å². The van der Waals surface area contributed by atoms with Gasteiger partial charge in [-0.2, -0.15) is 0 Å². The molecule has 0 amide bonds. The highest BCUT2D eigenvalue weighted by Gasteiger charge is 2.61. The number of hydrogen-bond acceptors (Lipinski definition) is 3. The fourth-order valence-electron chi connectivity index (χ4n) is 5.47. The monoisotopic (exact) mass is 292 g/mol. The Morgan fingerprint density at radius 3 is 2.67 bits per heavy atom. The van der Waals surface area contributed by atoms with Crippen molar-refractivity contribution in [1.29, 1.82) is 0 Å². The van der Waals surface area contributed by atoms with Crippen LogP contribution in [-0.2, 0) is 9.53 Å². The van der Waals surface area contributed by atoms with E-state index in [1.807, 2.05) is 0 Å². The van der Waals surface area contributed by atoms with Gasteiger partial charge in [0.15, 0.2) is 0 Å². The van der Waals surface area contributed by atoms with E-state index in [4.69, 9.17) is 4.74 Å². The predicted octanol–water partition coefficient (Wildman–Crippen LogP) is 3.18. The summed E-state index contributed by atoms with van der Waals surface area (Å²) in [6.45, 7) is 11.4. The first-order chi connectivity index (χ1) is 9.90. The number of hydrogen-bond donors (Lipinski definition) is 1. The second-order valence-corrected chi connectivity index (χ2v) is 7.85. The third-order valence-corrected chi connectivity index (χ3v) is 6.69. The number of aliphatic hydroxyl groups is 1. The smallest absolute Gasteiger partial charge is 0.306 e. The summed E-state index contributed by atoms with van der Waals surface area (Å²) in [4.78, 5) is 11.6. The van der Waals surface area contributed by atoms with E-state index in [1.54, 1.807) is 0 Å². The maximum Gasteiger partial charge on any atom is 0.306 e. The number of cyclic esters (lactones) is 1. The van der Waals surface area contributed by atoms with E-state index in [0.29, 0.717) is 24.2 Å². The van der Waals surface area contributed by atoms with Crippen LogP contribution in [0.25, 0.3) is 0 Å². The summed E-state index contributed by atoms with van der Waals surface area (Å²) in [5.41, 5.74) is 1.25. The lowest BCUT2D eigenvalue weighted by molar-refractivity contribution is -0.143. The number of rotatable bonds is 3. The molecule has 3 heteroatoms. The molecule has 118 valence electrons. The van der Waals surface area contributed by atoms with Crippen LogP contribution >= 0.6 is 0 Å². The van der Waals surface area contributed by atoms with Gasteiger partial charge in [0.05, 0.1) is 0 Å². The fourth-order valence-corrected chi connectivity index (χ4v) is 5.47. The van der Waals surface area contributed by atoms with Crippen molar-refractivity contribution in [2.24, 2.45) is 35.0 Å². The Kier molecular flexibility index (Phi) is 3.67. The lowest BCUT2D eigenvalue weighted by Gasteiger charge is -2.44. The number of ether oxygens (including phenoxy) is 1. The van der Waals surface area contributed by atoms with Gasteiger partial charge < -0.3 is 9.84 Å². The number of carbonyl (C=O) groups excluding carboxylic acids is 1. The second kappa shape index (κ2) is 5.12. The summed E-state index contributed by atoms with van der Waals surface area (Å²) >= 11 is 0. The fraction of sp³-hybridized carbons (Fsp3) is 0.833. The largest absolute Gasteiger partial charge is 0.462 e. The molecule has 0 spiro atoms. The summed E-state index contributed by atoms with van der Waals surface area (Å²) in [5, 5.41) is 10.0. The van der Waals surface area contributed by atoms with Crippen LogP contribution < -0.4 is 0 Å². The molecule has 1 aliphatic heterocycles. The first kappa shape index (κ1) is 15.1. The Balaban J connectivity index is 1.98. The van der Waals surface area contributed by atoms with Gasteiger partial charge in [-0.05, 0) is 48.3 Å². The standard InChI is InChI=1S/C18H28O3/c1-10(2)12-7-8-18(4)11(3)16(17(12)13(18)9-19)14-5-6-15(20)21-14/h10,12-14,16-17,19H,3,5-9H2,1-2,4H3/t12-,13+,14+,16-,17+,18+/m1/s1. The zero-order valence-corrected chi connectivity index (χ0v) is 13.5. The zero-order chi connectivity index (χ0) is 15.4. The van der Waals surface area contributed by atoms with Crippen LogP contribution in [0.15, 0.2) is 12.2 Å². The molecule has 0 aromatic heterocycles. The van der Waals surface area contributed by atoms with Gasteiger partial charge in [-0.1, -0.05) is 32.9 Å². The summed E-state index contributed by atoms with van der Waals surface area (Å²) in [5.74, 6) is 2.06. The van der Waals surface area contributed by atoms with E-state index < -0.39 is 0 Å². The van der Waals surface area contributed by atoms with Gasteiger partial charge in [0.1, 0.15) is 6.10 Å². The van der Waals surface area contributed by atoms with Crippen molar-refractivity contribution in [3.05, 3.63) is 12.2 Å². The maximum absolute atomic E-state index is 11.6. The van der Waals surface area contributed by atoms with Crippen molar-refractivity contribution >= 4 is 5.97 Å². The summed E-state index contributed by atoms with van der Waals surface area (Å²) < 4.78 is 5.61. The van der Waals surface area contributed by atoms with Crippen LogP contribution in [-0.4, -0.2) is 23.8 Å². The normalized spacial score (nSPS) is 46.2. The average Bonchev–Trinajstić information content (AvgIpc) is 2.89. The molecular weight excluding hydrogens is 264 g/mol. The summed E-state index contributed by atoms with van der Waals surface area (Å²) in [6.07, 6.45) is 3.65. The van der Waals surface area contributed by atoms with Crippen molar-refractivity contribution in [2.45, 2.75) is 52.6 Å². The molecule has 0 aromatic rings. The molecule has 3 fully saturated rings. The minimum atomic E-state index is -0.0685. The van der Waals surface area contributed by atoms with Crippen molar-refractivity contribution in [2.75, 3.05) is 6.61 Å². The molecule has 0 unspecified atom stereocenters. The maximum atomic E-state index is 11.6. The molecule has 0 radical (unpaired) electrons. The third kappa shape index (κ3) is 2.08. The van der Waals surface area contributed by atoms with Gasteiger partial charge in [-0.25, -0.2) is 0 Å². The van der Waals surface area contributed by atoms with E-state index in [-0.39, 0.29) is 35.9 Å². The Bertz CT molecular complexity index is 455. The SMILES string of the molecule is C=C1[C@H]([C@@H]2CCC(=O)O2)[C@H]2[C@@H](C(C)C)CC[C@]1(C)[C@H]2CO. The van der Waals surface area contributed by atoms with Gasteiger partial charge in [0, 0.05) is 18.9 Å². The number of fused-ring (bicyclic) bond motifs is 2. The lowest BCUT2D eigenvalue weighted by Crippen LogP contribution is -2.41. The third-order valence-electron chi connectivity index (χ3n) is 6.69. The first-order valence-corrected chi connectivity index (χ1v) is 8.39. The van der Waals surface area contributed by atoms with Crippen molar-refractivity contribution < 1.29 is 14.6 Å². The Labute approximate surface area is 127 Å². The molecule has 2 aliphatic carbocycles. The van der Waals surface area contributed by atoms with E-state index in [0.717, 1.165) is 12.8 Å². The lowest BCUT2D eigenvalue weighted by atomic mass is 9.61. The van der Waals surface area contributed by atoms with Crippen LogP contribution in [0.4, 0.5) is 0 Å². The van der Waals surface area contributed by atoms with E-state index in [1.165, 1.54) is 12.0 Å². The zero-order valence-electron chi connectivity index (χ0n) is 13.5. The minimum absolute atomic E-state index is 0.00905. The Morgan fingerprint density at radius 2 is 2.14 bits per heavy atom. The average molecular weight is 292 g/mol. The van der Waals surface area contributed by atoms with Crippen LogP contribution in [0.3, 0.4) is 0 Å². The number of aliphatic hydroxyl groups excluding tert-OH is 1. The van der Waals surface area contributed by atoms with Crippen molar-refractivity contribution in [3.8, 4) is 0 Å². The van der Waals surface area contributed by atoms with Gasteiger partial charge in [-0.15, -0.1) is 0 Å². The Morgan fingerprint density at radius 1 is 1.43 bits per heavy atom. The van der Waals surface area contributed by atoms with Gasteiger partial charge in [0.2, 0.25) is 0 Å². The predicted molar refractivity (Wildman–Crippen MR) is 81.5 cm³/mol. The summed E-state index contributed by atoms with van der Waals surface area (Å²) in [7, 11) is 0. The van der Waals surface area contributed by atoms with E-state index >= 15 is 0 Å². The van der Waals surface area contributed by atoms with Crippen LogP contribution in [0.2, 0.25) is 0 Å². The minimum Gasteiger partial charge on any atom is -0.462 e. The molecule has 3 rings (SSSR count). The highest BCUT2D eigenvalue weighted by molar-refractivity contribution is 5.71. The molecule has 3 nitrogen and oxygen atoms in total. The molecule has 6 atom stereocenters. The highest BCUT2D eigenvalue weighted by Crippen LogP contribution is 2.64. The summed E-state index contributed by atoms with van der Waals surface area (Å²) in [6, 6.07) is 0. The molecule has 1 N–H and O–H groups in total. The van der Waals surface area contributed by atoms with Gasteiger partial charge in [0.25, 0.3) is 0 Å². The highest BCUT2D eigenvalue weighted by atomic mass is 16.5. The van der Waals surface area contributed by atoms with E-state index in [2.05, 4.69) is 27.4 Å². The molecular formula is C18H28O3. The Hall–Kier alpha value is -0.830. The second-order valence-electron chi connectivity index (χ2n) is 7.85. The topological polar surface area (TPSA) is 46.5 Å². The molecule has 0 aromatic carbocycles. The molecule has 1 heterocycles. The molecule has 1 saturated heterocycles. The van der Waals surface area contributed by atoms with Crippen LogP contribution in [0, 0.1) is 35.0 Å². The first-order valence-electron chi connectivity index (χ1n) is 8.39. The molecule has 2 saturated carbocycles. The number of esters is 1. The molecule has 3 aliphatic rings. The van der Waals surface area contributed by atoms with Gasteiger partial charge in [-0.3, -0.25) is 4.79 Å².